The summed E-state index contributed by atoms with van der Waals surface area (Å²) < 4.78 is 32.9. The Morgan fingerprint density at radius 1 is 1.18 bits per heavy atom. The van der Waals surface area contributed by atoms with Gasteiger partial charge >= 0.3 is 5.97 Å². The maximum absolute atomic E-state index is 14.7. The molecular formula is C32H30ClF2N5O4. The van der Waals surface area contributed by atoms with Crippen LogP contribution in [0.2, 0.25) is 5.02 Å². The summed E-state index contributed by atoms with van der Waals surface area (Å²) in [7, 11) is 0. The van der Waals surface area contributed by atoms with Gasteiger partial charge in [-0.05, 0) is 61.2 Å². The van der Waals surface area contributed by atoms with Crippen molar-refractivity contribution >= 4 is 35.1 Å². The molecule has 4 aromatic rings. The molecule has 5 rings (SSSR count). The average molecular weight is 622 g/mol. The Balaban J connectivity index is 1.47. The number of benzene rings is 2. The van der Waals surface area contributed by atoms with E-state index in [1.807, 2.05) is 19.1 Å². The zero-order valence-corrected chi connectivity index (χ0v) is 24.8. The van der Waals surface area contributed by atoms with Crippen molar-refractivity contribution in [2.75, 3.05) is 12.2 Å². The number of anilines is 1. The Morgan fingerprint density at radius 2 is 2.00 bits per heavy atom. The number of nitrogens with one attached hydrogen (secondary N) is 2. The molecule has 2 N–H and O–H groups in total. The highest BCUT2D eigenvalue weighted by atomic mass is 35.5. The van der Waals surface area contributed by atoms with Crippen molar-refractivity contribution in [3.05, 3.63) is 94.1 Å². The first-order chi connectivity index (χ1) is 21.2. The number of hydrogen-bond acceptors (Lipinski definition) is 6. The number of amides is 2. The van der Waals surface area contributed by atoms with E-state index in [2.05, 4.69) is 25.5 Å². The minimum absolute atomic E-state index is 0.0508. The van der Waals surface area contributed by atoms with Crippen LogP contribution in [0.15, 0.2) is 60.9 Å². The van der Waals surface area contributed by atoms with Crippen molar-refractivity contribution in [1.82, 2.24) is 20.1 Å². The molecular weight excluding hydrogens is 592 g/mol. The highest BCUT2D eigenvalue weighted by Gasteiger charge is 2.24. The van der Waals surface area contributed by atoms with E-state index in [9.17, 15) is 23.2 Å². The van der Waals surface area contributed by atoms with Crippen molar-refractivity contribution < 1.29 is 27.9 Å². The second-order valence-corrected chi connectivity index (χ2v) is 11.0. The van der Waals surface area contributed by atoms with Crippen LogP contribution in [0, 0.1) is 18.7 Å². The highest BCUT2D eigenvalue weighted by molar-refractivity contribution is 6.30. The fourth-order valence-corrected chi connectivity index (χ4v) is 5.39. The molecule has 2 bridgehead atoms. The van der Waals surface area contributed by atoms with Gasteiger partial charge in [-0.2, -0.15) is 5.10 Å². The summed E-state index contributed by atoms with van der Waals surface area (Å²) in [6, 6.07) is 12.9. The minimum atomic E-state index is -1.21. The summed E-state index contributed by atoms with van der Waals surface area (Å²) in [5.41, 5.74) is 3.80. The number of aromatic nitrogens is 3. The molecule has 228 valence electrons. The molecule has 9 nitrogen and oxygen atoms in total. The van der Waals surface area contributed by atoms with Crippen LogP contribution in [0.5, 0.6) is 0 Å². The molecule has 0 unspecified atom stereocenters. The number of rotatable bonds is 6. The van der Waals surface area contributed by atoms with E-state index < -0.39 is 24.7 Å². The summed E-state index contributed by atoms with van der Waals surface area (Å²) in [6.45, 7) is 2.28. The van der Waals surface area contributed by atoms with Gasteiger partial charge in [-0.1, -0.05) is 43.1 Å². The number of esters is 1. The molecule has 44 heavy (non-hydrogen) atoms. The molecule has 0 fully saturated rings. The highest BCUT2D eigenvalue weighted by Crippen LogP contribution is 2.33. The molecule has 2 aromatic heterocycles. The molecule has 0 saturated heterocycles. The van der Waals surface area contributed by atoms with Gasteiger partial charge in [-0.15, -0.1) is 0 Å². The Bertz CT molecular complexity index is 1730. The predicted molar refractivity (Wildman–Crippen MR) is 161 cm³/mol. The number of nitrogens with zero attached hydrogens (tertiary/aromatic N) is 3. The lowest BCUT2D eigenvalue weighted by molar-refractivity contribution is -0.146. The molecule has 1 aliphatic heterocycles. The first kappa shape index (κ1) is 30.8. The zero-order chi connectivity index (χ0) is 31.4. The SMILES string of the molecule is Cc1c(C(=O)N[C@H]2CCC[C@@H](C)C(=O)Nc3cc(CC(=O)OCF)ccc3-c3cc2ccn3)cnn1-c1cccc(Cl)c1F. The first-order valence-electron chi connectivity index (χ1n) is 14.1. The van der Waals surface area contributed by atoms with E-state index in [1.54, 1.807) is 37.4 Å². The second kappa shape index (κ2) is 13.3. The van der Waals surface area contributed by atoms with E-state index in [-0.39, 0.29) is 40.4 Å². The Hall–Kier alpha value is -4.64. The molecule has 1 aliphatic rings. The van der Waals surface area contributed by atoms with E-state index in [0.29, 0.717) is 47.5 Å². The third-order valence-corrected chi connectivity index (χ3v) is 7.96. The molecule has 0 aliphatic carbocycles. The lowest BCUT2D eigenvalue weighted by Gasteiger charge is -2.23. The lowest BCUT2D eigenvalue weighted by atomic mass is 9.94. The smallest absolute Gasteiger partial charge is 0.312 e. The van der Waals surface area contributed by atoms with Gasteiger partial charge in [0.2, 0.25) is 12.8 Å². The molecule has 0 spiro atoms. The molecule has 0 saturated carbocycles. The van der Waals surface area contributed by atoms with E-state index in [1.165, 1.54) is 23.0 Å². The van der Waals surface area contributed by atoms with Gasteiger partial charge in [0.05, 0.1) is 46.3 Å². The summed E-state index contributed by atoms with van der Waals surface area (Å²) in [4.78, 5) is 43.1. The first-order valence-corrected chi connectivity index (χ1v) is 14.5. The van der Waals surface area contributed by atoms with Crippen LogP contribution in [0.4, 0.5) is 14.5 Å². The van der Waals surface area contributed by atoms with Gasteiger partial charge in [0.15, 0.2) is 5.82 Å². The van der Waals surface area contributed by atoms with Crippen LogP contribution in [0.1, 0.15) is 59.4 Å². The van der Waals surface area contributed by atoms with Crippen molar-refractivity contribution in [2.24, 2.45) is 5.92 Å². The Morgan fingerprint density at radius 3 is 2.80 bits per heavy atom. The number of ether oxygens (including phenoxy) is 1. The largest absolute Gasteiger partial charge is 0.433 e. The third kappa shape index (κ3) is 6.62. The quantitative estimate of drug-likeness (QED) is 0.245. The average Bonchev–Trinajstić information content (AvgIpc) is 3.38. The van der Waals surface area contributed by atoms with Crippen molar-refractivity contribution in [1.29, 1.82) is 0 Å². The van der Waals surface area contributed by atoms with Crippen LogP contribution in [-0.2, 0) is 20.7 Å². The minimum Gasteiger partial charge on any atom is -0.433 e. The maximum Gasteiger partial charge on any atom is 0.312 e. The molecule has 2 atom stereocenters. The summed E-state index contributed by atoms with van der Waals surface area (Å²) in [5, 5.41) is 10.2. The predicted octanol–water partition coefficient (Wildman–Crippen LogP) is 6.28. The van der Waals surface area contributed by atoms with Gasteiger partial charge in [0.1, 0.15) is 5.69 Å². The molecule has 2 aromatic carbocycles. The number of carbonyl (C=O) groups is 3. The number of hydrogen-bond donors (Lipinski definition) is 2. The molecule has 3 heterocycles. The fraction of sp³-hybridized carbons (Fsp3) is 0.281. The van der Waals surface area contributed by atoms with Crippen LogP contribution >= 0.6 is 11.6 Å². The molecule has 12 heteroatoms. The molecule has 2 amide bonds. The van der Waals surface area contributed by atoms with E-state index in [0.717, 1.165) is 5.56 Å². The topological polar surface area (TPSA) is 115 Å². The van der Waals surface area contributed by atoms with Crippen LogP contribution in [0.25, 0.3) is 16.9 Å². The summed E-state index contributed by atoms with van der Waals surface area (Å²) in [6.07, 6.45) is 4.59. The number of carbonyl (C=O) groups excluding carboxylic acids is 3. The number of fused-ring (bicyclic) bond motifs is 4. The maximum atomic E-state index is 14.7. The van der Waals surface area contributed by atoms with E-state index >= 15 is 0 Å². The van der Waals surface area contributed by atoms with Crippen LogP contribution in [0.3, 0.4) is 0 Å². The third-order valence-electron chi connectivity index (χ3n) is 7.66. The second-order valence-electron chi connectivity index (χ2n) is 10.6. The number of halogens is 3. The van der Waals surface area contributed by atoms with Crippen LogP contribution < -0.4 is 10.6 Å². The van der Waals surface area contributed by atoms with Gasteiger partial charge in [0, 0.05) is 17.7 Å². The monoisotopic (exact) mass is 621 g/mol. The Labute approximate surface area is 257 Å². The standard InChI is InChI=1S/C32H30ClF2N5O4/c1-18-5-3-7-25(38-32(43)23-16-37-40(19(23)2)28-8-4-6-24(33)30(28)35)21-11-12-36-26(15-21)22-10-9-20(14-29(41)44-17-34)13-27(22)39-31(18)42/h4,6,8-13,15-16,18,25H,3,5,7,14,17H2,1-2H3,(H,38,43)(H,39,42)/t18-,25+/m1/s1. The van der Waals surface area contributed by atoms with Crippen molar-refractivity contribution in [2.45, 2.75) is 45.6 Å². The van der Waals surface area contributed by atoms with Gasteiger partial charge in [-0.3, -0.25) is 19.4 Å². The zero-order valence-electron chi connectivity index (χ0n) is 24.1. The van der Waals surface area contributed by atoms with Crippen molar-refractivity contribution in [3.63, 3.8) is 0 Å². The lowest BCUT2D eigenvalue weighted by Crippen LogP contribution is -2.29. The summed E-state index contributed by atoms with van der Waals surface area (Å²) in [5.74, 6) is -2.30. The van der Waals surface area contributed by atoms with Gasteiger partial charge in [-0.25, -0.2) is 13.5 Å². The Kier molecular flexibility index (Phi) is 9.34. The summed E-state index contributed by atoms with van der Waals surface area (Å²) >= 11 is 5.96. The van der Waals surface area contributed by atoms with Crippen molar-refractivity contribution in [3.8, 4) is 16.9 Å². The van der Waals surface area contributed by atoms with Crippen LogP contribution in [-0.4, -0.2) is 39.4 Å². The normalized spacial score (nSPS) is 16.6. The van der Waals surface area contributed by atoms with E-state index in [4.69, 9.17) is 11.6 Å². The van der Waals surface area contributed by atoms with Gasteiger partial charge < -0.3 is 15.4 Å². The number of alkyl halides is 1. The number of pyridine rings is 1. The van der Waals surface area contributed by atoms with Gasteiger partial charge in [0.25, 0.3) is 5.91 Å². The molecule has 0 radical (unpaired) electrons. The fourth-order valence-electron chi connectivity index (χ4n) is 5.22.